The summed E-state index contributed by atoms with van der Waals surface area (Å²) in [5.74, 6) is 3.92. The lowest BCUT2D eigenvalue weighted by atomic mass is 9.54. The maximum Gasteiger partial charge on any atom is 0.164 e. The van der Waals surface area contributed by atoms with E-state index in [2.05, 4.69) is 409 Å². The summed E-state index contributed by atoms with van der Waals surface area (Å²) in [7, 11) is 0. The summed E-state index contributed by atoms with van der Waals surface area (Å²) in [5.41, 5.74) is 30.0. The minimum absolute atomic E-state index is 0.0287. The fourth-order valence-corrected chi connectivity index (χ4v) is 29.0. The van der Waals surface area contributed by atoms with Crippen molar-refractivity contribution in [2.75, 3.05) is 0 Å². The van der Waals surface area contributed by atoms with Gasteiger partial charge in [-0.25, -0.2) is 29.9 Å². The van der Waals surface area contributed by atoms with E-state index < -0.39 is 0 Å². The molecule has 30 rings (SSSR count). The Morgan fingerprint density at radius 1 is 0.208 bits per heavy atom. The largest absolute Gasteiger partial charge is 0.456 e. The van der Waals surface area contributed by atoms with Crippen LogP contribution in [-0.2, 0) is 32.5 Å². The summed E-state index contributed by atoms with van der Waals surface area (Å²) in [6.45, 7) is 29.2. The smallest absolute Gasteiger partial charge is 0.164 e. The van der Waals surface area contributed by atoms with Crippen molar-refractivity contribution in [2.45, 2.75) is 116 Å². The molecule has 27 aromatic rings. The highest BCUT2D eigenvalue weighted by molar-refractivity contribution is 7.27. The van der Waals surface area contributed by atoms with Gasteiger partial charge in [0.1, 0.15) is 11.2 Å². The van der Waals surface area contributed by atoms with E-state index in [0.717, 1.165) is 55.3 Å². The third-order valence-corrected chi connectivity index (χ3v) is 38.1. The van der Waals surface area contributed by atoms with Crippen molar-refractivity contribution in [1.29, 1.82) is 0 Å². The second kappa shape index (κ2) is 33.5. The lowest BCUT2D eigenvalue weighted by Gasteiger charge is -2.49. The third kappa shape index (κ3) is 13.6. The van der Waals surface area contributed by atoms with Crippen LogP contribution in [0.5, 0.6) is 0 Å². The average Bonchev–Trinajstić information content (AvgIpc) is 1.68. The van der Waals surface area contributed by atoms with Crippen LogP contribution in [-0.4, -0.2) is 34.5 Å². The number of hydrogen-bond acceptors (Lipinski definition) is 10. The van der Waals surface area contributed by atoms with E-state index >= 15 is 0 Å². The molecule has 0 atom stereocenters. The molecule has 0 radical (unpaired) electrons. The van der Waals surface area contributed by atoms with Gasteiger partial charge in [0.05, 0.1) is 11.0 Å². The number of para-hydroxylation sites is 3. The van der Waals surface area contributed by atoms with Crippen molar-refractivity contribution >= 4 is 171 Å². The van der Waals surface area contributed by atoms with Gasteiger partial charge in [-0.15, -0.1) is 34.0 Å². The summed E-state index contributed by atoms with van der Waals surface area (Å²) in [4.78, 5) is 30.5. The molecule has 20 aromatic carbocycles. The van der Waals surface area contributed by atoms with E-state index in [1.807, 2.05) is 119 Å². The number of furan rings is 1. The Hall–Kier alpha value is -16.5. The van der Waals surface area contributed by atoms with Crippen LogP contribution >= 0.6 is 34.0 Å². The van der Waals surface area contributed by atoms with Crippen LogP contribution in [0.3, 0.4) is 0 Å². The molecule has 0 bridgehead atoms. The van der Waals surface area contributed by atoms with Crippen LogP contribution in [0.2, 0.25) is 0 Å². The first-order chi connectivity index (χ1) is 72.4. The van der Waals surface area contributed by atoms with E-state index in [0.29, 0.717) is 34.9 Å². The van der Waals surface area contributed by atoms with Crippen LogP contribution in [0.4, 0.5) is 0 Å². The minimum atomic E-state index is -0.130. The third-order valence-electron chi connectivity index (χ3n) is 34.6. The standard InChI is InChI=1S/C49H35N3OS.C46H35NS.C43H33N3S/c1-48(2)36-22-12-10-19-32(36)41-30-17-8-9-18-31(30)42-35-27-29(25-26-39(35)54-44(42)43(41)49(48,3)4)46-50-45(28-15-6-5-7-16-28)51-47(52-46)34-21-14-24-38-40(34)33-20-11-13-23-37(33)53-38;1-45(2)39-27-43-38(26-36(39)35-23-19-29-11-5-6-12-32(29)44(35)46(45,3)4)37-25-30(20-24-42(37)48-43)28-17-21-31(22-18-28)47-40-15-9-7-13-33(40)34-14-8-10-16-41(34)47;1-42(2)33-22-14-13-21-31(33)35-29-19-11-12-20-30(29)36-32-25-28(23-24-34(32)47-38(36)37(35)43(42,3)4)41-45-39(26-15-7-5-8-16-26)44-40(46-41)27-17-9-6-10-18-27/h5-27H,1-4H3;5-27H,1-4H3;5-25H,1-4H3. The fraction of sp³-hybridized carbons (Fsp3) is 0.130. The molecule has 7 heterocycles. The molecule has 0 saturated carbocycles. The fourth-order valence-electron chi connectivity index (χ4n) is 25.0. The van der Waals surface area contributed by atoms with E-state index in [1.54, 1.807) is 0 Å². The second-order valence-corrected chi connectivity index (χ2v) is 47.0. The molecule has 0 aliphatic heterocycles. The molecule has 3 aliphatic carbocycles. The summed E-state index contributed by atoms with van der Waals surface area (Å²) >= 11 is 5.75. The van der Waals surface area contributed by atoms with E-state index in [9.17, 15) is 0 Å². The molecular formula is C138H103N7OS3. The lowest BCUT2D eigenvalue weighted by molar-refractivity contribution is 0.301. The molecule has 0 N–H and O–H groups in total. The Morgan fingerprint density at radius 3 is 1.11 bits per heavy atom. The second-order valence-electron chi connectivity index (χ2n) is 43.8. The monoisotopic (exact) mass is 1970 g/mol. The molecule has 714 valence electrons. The van der Waals surface area contributed by atoms with Gasteiger partial charge in [-0.2, -0.15) is 0 Å². The minimum Gasteiger partial charge on any atom is -0.456 e. The number of rotatable bonds is 8. The maximum atomic E-state index is 6.28. The van der Waals surface area contributed by atoms with Gasteiger partial charge in [0.15, 0.2) is 34.9 Å². The van der Waals surface area contributed by atoms with Gasteiger partial charge in [0.25, 0.3) is 0 Å². The summed E-state index contributed by atoms with van der Waals surface area (Å²) < 4.78 is 16.6. The van der Waals surface area contributed by atoms with Crippen molar-refractivity contribution < 1.29 is 4.42 Å². The van der Waals surface area contributed by atoms with Gasteiger partial charge in [-0.05, 0) is 224 Å². The first kappa shape index (κ1) is 90.0. The number of nitrogens with zero attached hydrogens (tertiary/aromatic N) is 7. The molecule has 7 aromatic heterocycles. The summed E-state index contributed by atoms with van der Waals surface area (Å²) in [5, 5.41) is 20.3. The van der Waals surface area contributed by atoms with E-state index in [-0.39, 0.29) is 32.5 Å². The molecular weight excluding hydrogens is 1870 g/mol. The number of fused-ring (bicyclic) bond motifs is 34. The van der Waals surface area contributed by atoms with Crippen molar-refractivity contribution in [1.82, 2.24) is 34.5 Å². The molecule has 0 unspecified atom stereocenters. The lowest BCUT2D eigenvalue weighted by Crippen LogP contribution is -2.43. The first-order valence-corrected chi connectivity index (χ1v) is 54.1. The van der Waals surface area contributed by atoms with Crippen LogP contribution in [0, 0.1) is 0 Å². The quantitative estimate of drug-likeness (QED) is 0.150. The van der Waals surface area contributed by atoms with Crippen molar-refractivity contribution in [3.8, 4) is 119 Å². The van der Waals surface area contributed by atoms with Crippen molar-refractivity contribution in [3.05, 3.63) is 440 Å². The summed E-state index contributed by atoms with van der Waals surface area (Å²) in [6.07, 6.45) is 0. The molecule has 3 aliphatic rings. The van der Waals surface area contributed by atoms with Crippen LogP contribution in [0.1, 0.15) is 116 Å². The predicted molar refractivity (Wildman–Crippen MR) is 631 cm³/mol. The zero-order chi connectivity index (χ0) is 101. The predicted octanol–water partition coefficient (Wildman–Crippen LogP) is 38.4. The number of hydrogen-bond donors (Lipinski definition) is 0. The van der Waals surface area contributed by atoms with Gasteiger partial charge in [-0.3, -0.25) is 0 Å². The molecule has 0 saturated heterocycles. The SMILES string of the molecule is CC1(C)c2cc3sc4ccc(-c5ccc(-n6c7ccccc7c7ccccc76)cc5)cc4c3cc2-c2ccc3ccccc3c2C1(C)C.CC1(C)c2ccccc2-c2c(c3sc4ccc(-c5nc(-c6ccccc6)nc(-c6cccc7oc8ccccc8c67)n5)cc4c3c3ccccc23)C1(C)C.CC1(C)c2ccccc2-c2c(c3sc4ccc(-c5nc(-c6ccccc6)nc(-c6ccccc6)n5)cc4c3c3ccccc23)C1(C)C. The van der Waals surface area contributed by atoms with Gasteiger partial charge in [0, 0.05) is 137 Å². The zero-order valence-corrected chi connectivity index (χ0v) is 87.4. The Labute approximate surface area is 876 Å². The molecule has 149 heavy (non-hydrogen) atoms. The van der Waals surface area contributed by atoms with Gasteiger partial charge in [-0.1, -0.05) is 392 Å². The zero-order valence-electron chi connectivity index (χ0n) is 84.9. The van der Waals surface area contributed by atoms with Gasteiger partial charge in [0.2, 0.25) is 0 Å². The molecule has 0 fully saturated rings. The van der Waals surface area contributed by atoms with Crippen molar-refractivity contribution in [3.63, 3.8) is 0 Å². The molecule has 8 nitrogen and oxygen atoms in total. The normalized spacial score (nSPS) is 14.8. The highest BCUT2D eigenvalue weighted by atomic mass is 32.1. The van der Waals surface area contributed by atoms with Crippen molar-refractivity contribution in [2.24, 2.45) is 0 Å². The highest BCUT2D eigenvalue weighted by Crippen LogP contribution is 2.64. The topological polar surface area (TPSA) is 95.4 Å². The Kier molecular flexibility index (Phi) is 20.2. The van der Waals surface area contributed by atoms with E-state index in [4.69, 9.17) is 34.3 Å². The maximum absolute atomic E-state index is 6.28. The number of thiophene rings is 3. The Bertz CT molecular complexity index is 10200. The average molecular weight is 1970 g/mol. The Morgan fingerprint density at radius 2 is 0.591 bits per heavy atom. The Balaban J connectivity index is 0.000000108. The van der Waals surface area contributed by atoms with Gasteiger partial charge < -0.3 is 8.98 Å². The molecule has 11 heteroatoms. The van der Waals surface area contributed by atoms with Crippen LogP contribution in [0.15, 0.2) is 411 Å². The highest BCUT2D eigenvalue weighted by Gasteiger charge is 2.51. The number of benzene rings is 20. The van der Waals surface area contributed by atoms with Crippen LogP contribution in [0.25, 0.3) is 255 Å². The number of aromatic nitrogens is 7. The first-order valence-electron chi connectivity index (χ1n) is 51.7. The molecule has 0 spiro atoms. The van der Waals surface area contributed by atoms with Gasteiger partial charge >= 0.3 is 0 Å². The van der Waals surface area contributed by atoms with E-state index in [1.165, 1.54) is 198 Å². The van der Waals surface area contributed by atoms with Crippen LogP contribution < -0.4 is 0 Å². The summed E-state index contributed by atoms with van der Waals surface area (Å²) in [6, 6.07) is 147. The molecule has 0 amide bonds.